The van der Waals surface area contributed by atoms with E-state index >= 15 is 0 Å². The summed E-state index contributed by atoms with van der Waals surface area (Å²) in [5.41, 5.74) is 5.88. The number of nitrogens with zero attached hydrogens (tertiary/aromatic N) is 3. The number of anilines is 1. The molecule has 10 heteroatoms. The number of carboxylic acids is 1. The predicted octanol–water partition coefficient (Wildman–Crippen LogP) is -0.194. The topological polar surface area (TPSA) is 141 Å². The summed E-state index contributed by atoms with van der Waals surface area (Å²) in [5, 5.41) is 18.3. The highest BCUT2D eigenvalue weighted by Crippen LogP contribution is 2.37. The second-order valence-electron chi connectivity index (χ2n) is 5.08. The van der Waals surface area contributed by atoms with E-state index in [-0.39, 0.29) is 23.8 Å². The number of aliphatic hydroxyl groups is 1. The van der Waals surface area contributed by atoms with Gasteiger partial charge in [0.2, 0.25) is 5.95 Å². The minimum Gasteiger partial charge on any atom is -0.481 e. The maximum atomic E-state index is 12.2. The van der Waals surface area contributed by atoms with Crippen LogP contribution in [0.5, 0.6) is 0 Å². The van der Waals surface area contributed by atoms with Crippen molar-refractivity contribution in [3.8, 4) is 0 Å². The van der Waals surface area contributed by atoms with Gasteiger partial charge in [0.05, 0.1) is 30.0 Å². The van der Waals surface area contributed by atoms with Gasteiger partial charge in [0, 0.05) is 5.92 Å². The van der Waals surface area contributed by atoms with Crippen molar-refractivity contribution in [1.29, 1.82) is 0 Å². The number of thiazole rings is 1. The van der Waals surface area contributed by atoms with E-state index in [1.807, 2.05) is 0 Å². The van der Waals surface area contributed by atoms with Crippen LogP contribution in [0.2, 0.25) is 0 Å². The smallest absolute Gasteiger partial charge is 0.311 e. The molecule has 1 aliphatic rings. The number of fused-ring (bicyclic) bond motifs is 1. The molecule has 0 spiro atoms. The molecule has 3 atom stereocenters. The van der Waals surface area contributed by atoms with Crippen LogP contribution in [-0.2, 0) is 9.53 Å². The van der Waals surface area contributed by atoms with Crippen LogP contribution in [0.25, 0.3) is 10.3 Å². The molecule has 0 radical (unpaired) electrons. The fourth-order valence-electron chi connectivity index (χ4n) is 2.69. The van der Waals surface area contributed by atoms with Crippen LogP contribution in [0.15, 0.2) is 11.0 Å². The number of carbonyl (C=O) groups is 1. The maximum absolute atomic E-state index is 12.2. The molecule has 0 saturated carbocycles. The van der Waals surface area contributed by atoms with Crippen molar-refractivity contribution >= 4 is 33.6 Å². The van der Waals surface area contributed by atoms with Gasteiger partial charge >= 0.3 is 10.8 Å². The number of ether oxygens (including phenoxy) is 1. The molecule has 4 N–H and O–H groups in total. The van der Waals surface area contributed by atoms with E-state index in [0.29, 0.717) is 16.8 Å². The Hall–Kier alpha value is -2.04. The van der Waals surface area contributed by atoms with E-state index < -0.39 is 24.2 Å². The number of nitrogens with two attached hydrogens (primary N) is 1. The number of aliphatic hydroxyl groups excluding tert-OH is 1. The summed E-state index contributed by atoms with van der Waals surface area (Å²) in [7, 11) is 0. The average molecular weight is 326 g/mol. The lowest BCUT2D eigenvalue weighted by Gasteiger charge is -2.18. The second kappa shape index (κ2) is 5.63. The molecule has 1 aliphatic heterocycles. The largest absolute Gasteiger partial charge is 0.481 e. The molecule has 0 amide bonds. The number of nitrogen functional groups attached to an aromatic ring is 1. The van der Waals surface area contributed by atoms with Gasteiger partial charge in [-0.3, -0.25) is 14.2 Å². The van der Waals surface area contributed by atoms with E-state index in [2.05, 4.69) is 9.97 Å². The highest BCUT2D eigenvalue weighted by atomic mass is 32.1. The fraction of sp³-hybridized carbons (Fsp3) is 0.500. The van der Waals surface area contributed by atoms with Gasteiger partial charge in [0.15, 0.2) is 5.65 Å². The average Bonchev–Trinajstić information content (AvgIpc) is 2.98. The number of carboxylic acid groups (broad SMARTS) is 1. The highest BCUT2D eigenvalue weighted by Gasteiger charge is 2.39. The Bertz CT molecular complexity index is 772. The molecule has 3 rings (SSSR count). The van der Waals surface area contributed by atoms with Crippen LogP contribution < -0.4 is 10.6 Å². The molecule has 0 aliphatic carbocycles. The molecule has 1 saturated heterocycles. The molecule has 3 unspecified atom stereocenters. The van der Waals surface area contributed by atoms with Gasteiger partial charge in [0.1, 0.15) is 6.23 Å². The summed E-state index contributed by atoms with van der Waals surface area (Å²) in [6.07, 6.45) is 0.355. The molecule has 118 valence electrons. The molecule has 3 heterocycles. The quantitative estimate of drug-likeness (QED) is 0.702. The number of aromatic nitrogens is 3. The zero-order chi connectivity index (χ0) is 15.9. The monoisotopic (exact) mass is 326 g/mol. The van der Waals surface area contributed by atoms with Crippen LogP contribution in [0.3, 0.4) is 0 Å². The Morgan fingerprint density at radius 1 is 1.59 bits per heavy atom. The van der Waals surface area contributed by atoms with E-state index in [1.54, 1.807) is 0 Å². The van der Waals surface area contributed by atoms with E-state index in [0.717, 1.165) is 11.3 Å². The summed E-state index contributed by atoms with van der Waals surface area (Å²) in [5.74, 6) is -1.40. The van der Waals surface area contributed by atoms with Crippen LogP contribution >= 0.6 is 11.3 Å². The third-order valence-corrected chi connectivity index (χ3v) is 4.45. The molecule has 9 nitrogen and oxygen atoms in total. The minimum atomic E-state index is -0.987. The first-order valence-electron chi connectivity index (χ1n) is 6.61. The molecule has 1 fully saturated rings. The summed E-state index contributed by atoms with van der Waals surface area (Å²) in [4.78, 5) is 30.8. The molecule has 2 aromatic heterocycles. The first-order chi connectivity index (χ1) is 10.5. The Balaban J connectivity index is 2.08. The van der Waals surface area contributed by atoms with Crippen molar-refractivity contribution in [2.24, 2.45) is 5.92 Å². The lowest BCUT2D eigenvalue weighted by molar-refractivity contribution is -0.139. The van der Waals surface area contributed by atoms with Crippen LogP contribution in [-0.4, -0.2) is 43.4 Å². The van der Waals surface area contributed by atoms with Gasteiger partial charge in [-0.1, -0.05) is 11.3 Å². The van der Waals surface area contributed by atoms with Crippen molar-refractivity contribution < 1.29 is 19.7 Å². The van der Waals surface area contributed by atoms with Crippen molar-refractivity contribution in [3.63, 3.8) is 0 Å². The molecule has 22 heavy (non-hydrogen) atoms. The van der Waals surface area contributed by atoms with Gasteiger partial charge in [-0.2, -0.15) is 4.98 Å². The molecule has 0 aromatic carbocycles. The molecular weight excluding hydrogens is 312 g/mol. The third-order valence-electron chi connectivity index (χ3n) is 3.57. The van der Waals surface area contributed by atoms with Crippen LogP contribution in [0, 0.1) is 5.92 Å². The van der Waals surface area contributed by atoms with Crippen molar-refractivity contribution in [2.45, 2.75) is 25.2 Å². The Kier molecular flexibility index (Phi) is 3.81. The SMILES string of the molecule is Nc1ncc2sc(=O)n(C3OC(CO)CC3CC(=O)O)c2n1. The van der Waals surface area contributed by atoms with Crippen LogP contribution in [0.1, 0.15) is 19.1 Å². The van der Waals surface area contributed by atoms with Gasteiger partial charge < -0.3 is 20.7 Å². The number of rotatable bonds is 4. The lowest BCUT2D eigenvalue weighted by Crippen LogP contribution is -2.26. The zero-order valence-corrected chi connectivity index (χ0v) is 12.2. The van der Waals surface area contributed by atoms with Crippen molar-refractivity contribution in [2.75, 3.05) is 12.3 Å². The van der Waals surface area contributed by atoms with Crippen molar-refractivity contribution in [3.05, 3.63) is 15.9 Å². The van der Waals surface area contributed by atoms with E-state index in [1.165, 1.54) is 10.8 Å². The Morgan fingerprint density at radius 2 is 2.36 bits per heavy atom. The summed E-state index contributed by atoms with van der Waals surface area (Å²) in [6, 6.07) is 0. The Morgan fingerprint density at radius 3 is 3.05 bits per heavy atom. The molecule has 0 bridgehead atoms. The summed E-state index contributed by atoms with van der Waals surface area (Å²) >= 11 is 0.941. The summed E-state index contributed by atoms with van der Waals surface area (Å²) in [6.45, 7) is -0.236. The van der Waals surface area contributed by atoms with Gasteiger partial charge in [-0.15, -0.1) is 0 Å². The number of hydrogen-bond acceptors (Lipinski definition) is 8. The fourth-order valence-corrected chi connectivity index (χ4v) is 3.51. The Labute approximate surface area is 128 Å². The highest BCUT2D eigenvalue weighted by molar-refractivity contribution is 7.16. The number of aliphatic carboxylic acids is 1. The standard InChI is InChI=1S/C12H14N4O5S/c13-11-14-3-7-9(15-11)16(12(20)22-7)10-5(2-8(18)19)1-6(4-17)21-10/h3,5-6,10,17H,1-2,4H2,(H,18,19)(H2,13,14,15). The van der Waals surface area contributed by atoms with E-state index in [9.17, 15) is 14.7 Å². The summed E-state index contributed by atoms with van der Waals surface area (Å²) < 4.78 is 7.50. The van der Waals surface area contributed by atoms with Gasteiger partial charge in [-0.25, -0.2) is 4.98 Å². The maximum Gasteiger partial charge on any atom is 0.311 e. The lowest BCUT2D eigenvalue weighted by atomic mass is 9.99. The normalized spacial score (nSPS) is 24.9. The van der Waals surface area contributed by atoms with Crippen LogP contribution in [0.4, 0.5) is 5.95 Å². The van der Waals surface area contributed by atoms with Gasteiger partial charge in [-0.05, 0) is 6.42 Å². The first kappa shape index (κ1) is 14.9. The number of hydrogen-bond donors (Lipinski definition) is 3. The van der Waals surface area contributed by atoms with E-state index in [4.69, 9.17) is 15.6 Å². The third kappa shape index (κ3) is 2.56. The minimum absolute atomic E-state index is 0.0190. The first-order valence-corrected chi connectivity index (χ1v) is 7.43. The van der Waals surface area contributed by atoms with Gasteiger partial charge in [0.25, 0.3) is 0 Å². The molecule has 2 aromatic rings. The predicted molar refractivity (Wildman–Crippen MR) is 77.4 cm³/mol. The zero-order valence-electron chi connectivity index (χ0n) is 11.4. The van der Waals surface area contributed by atoms with Crippen molar-refractivity contribution in [1.82, 2.24) is 14.5 Å². The second-order valence-corrected chi connectivity index (χ2v) is 6.07. The molecular formula is C12H14N4O5S.